The predicted molar refractivity (Wildman–Crippen MR) is 89.7 cm³/mol. The fourth-order valence-corrected chi connectivity index (χ4v) is 3.03. The van der Waals surface area contributed by atoms with Gasteiger partial charge in [-0.15, -0.1) is 5.10 Å². The molecule has 128 valence electrons. The fraction of sp³-hybridized carbons (Fsp3) is 0.200. The Morgan fingerprint density at radius 1 is 1.28 bits per heavy atom. The second kappa shape index (κ2) is 7.18. The second-order valence-electron chi connectivity index (χ2n) is 5.07. The number of nitrogens with one attached hydrogen (secondary N) is 1. The molecule has 3 rings (SSSR count). The number of hydrogen-bond donors (Lipinski definition) is 1. The van der Waals surface area contributed by atoms with Crippen LogP contribution >= 0.6 is 11.3 Å². The Morgan fingerprint density at radius 3 is 2.68 bits per heavy atom. The van der Waals surface area contributed by atoms with Crippen LogP contribution in [-0.2, 0) is 16.0 Å². The highest BCUT2D eigenvalue weighted by molar-refractivity contribution is 7.17. The number of carbonyl (C=O) groups excluding carboxylic acids is 2. The van der Waals surface area contributed by atoms with E-state index >= 15 is 0 Å². The Labute approximate surface area is 146 Å². The summed E-state index contributed by atoms with van der Waals surface area (Å²) in [5.74, 6) is -0.686. The number of thiazole rings is 1. The summed E-state index contributed by atoms with van der Waals surface area (Å²) in [5, 5.41) is 14.0. The van der Waals surface area contributed by atoms with E-state index in [9.17, 15) is 9.59 Å². The number of nitrogens with zero attached hydrogens (tertiary/aromatic N) is 5. The molecule has 1 aromatic carbocycles. The third-order valence-electron chi connectivity index (χ3n) is 3.33. The topological polar surface area (TPSA) is 112 Å². The van der Waals surface area contributed by atoms with Crippen LogP contribution in [0.3, 0.4) is 0 Å². The zero-order valence-corrected chi connectivity index (χ0v) is 14.3. The van der Waals surface area contributed by atoms with Gasteiger partial charge in [-0.1, -0.05) is 23.5 Å². The van der Waals surface area contributed by atoms with Crippen LogP contribution in [0.2, 0.25) is 0 Å². The molecule has 0 fully saturated rings. The summed E-state index contributed by atoms with van der Waals surface area (Å²) in [6, 6.07) is 7.29. The van der Waals surface area contributed by atoms with Crippen molar-refractivity contribution in [1.82, 2.24) is 25.2 Å². The number of benzene rings is 1. The monoisotopic (exact) mass is 358 g/mol. The normalized spacial score (nSPS) is 10.5. The van der Waals surface area contributed by atoms with Crippen LogP contribution in [0.25, 0.3) is 5.69 Å². The van der Waals surface area contributed by atoms with Gasteiger partial charge in [-0.05, 0) is 35.0 Å². The largest absolute Gasteiger partial charge is 0.465 e. The van der Waals surface area contributed by atoms with Gasteiger partial charge < -0.3 is 10.1 Å². The molecule has 0 aliphatic heterocycles. The van der Waals surface area contributed by atoms with E-state index in [1.54, 1.807) is 6.92 Å². The van der Waals surface area contributed by atoms with E-state index in [-0.39, 0.29) is 12.3 Å². The molecule has 0 radical (unpaired) electrons. The molecule has 0 unspecified atom stereocenters. The molecule has 0 saturated carbocycles. The van der Waals surface area contributed by atoms with Crippen LogP contribution in [0, 0.1) is 6.92 Å². The summed E-state index contributed by atoms with van der Waals surface area (Å²) >= 11 is 1.09. The van der Waals surface area contributed by atoms with Gasteiger partial charge in [0.1, 0.15) is 11.2 Å². The average molecular weight is 358 g/mol. The quantitative estimate of drug-likeness (QED) is 0.686. The van der Waals surface area contributed by atoms with Gasteiger partial charge in [0.15, 0.2) is 5.13 Å². The van der Waals surface area contributed by atoms with Gasteiger partial charge in [-0.25, -0.2) is 14.5 Å². The molecule has 0 aliphatic rings. The van der Waals surface area contributed by atoms with Gasteiger partial charge >= 0.3 is 5.97 Å². The zero-order chi connectivity index (χ0) is 17.8. The van der Waals surface area contributed by atoms with Crippen molar-refractivity contribution in [1.29, 1.82) is 0 Å². The maximum absolute atomic E-state index is 12.2. The lowest BCUT2D eigenvalue weighted by Crippen LogP contribution is -2.14. The molecular formula is C15H14N6O3S. The maximum Gasteiger partial charge on any atom is 0.350 e. The van der Waals surface area contributed by atoms with Crippen LogP contribution in [0.4, 0.5) is 5.13 Å². The van der Waals surface area contributed by atoms with E-state index in [1.165, 1.54) is 18.1 Å². The first-order valence-electron chi connectivity index (χ1n) is 7.24. The highest BCUT2D eigenvalue weighted by atomic mass is 32.1. The molecule has 25 heavy (non-hydrogen) atoms. The first-order chi connectivity index (χ1) is 12.1. The van der Waals surface area contributed by atoms with E-state index in [4.69, 9.17) is 0 Å². The SMILES string of the molecule is COC(=O)c1sc(NC(=O)Cc2ccc(-n3cnnn3)cc2)nc1C. The molecule has 0 bridgehead atoms. The number of ether oxygens (including phenoxy) is 1. The molecule has 9 nitrogen and oxygen atoms in total. The number of aromatic nitrogens is 5. The summed E-state index contributed by atoms with van der Waals surface area (Å²) in [7, 11) is 1.30. The third kappa shape index (κ3) is 3.86. The third-order valence-corrected chi connectivity index (χ3v) is 4.38. The minimum Gasteiger partial charge on any atom is -0.465 e. The van der Waals surface area contributed by atoms with Crippen LogP contribution < -0.4 is 5.32 Å². The Bertz CT molecular complexity index is 889. The van der Waals surface area contributed by atoms with E-state index in [1.807, 2.05) is 24.3 Å². The molecule has 2 aromatic heterocycles. The molecule has 0 spiro atoms. The van der Waals surface area contributed by atoms with E-state index in [0.29, 0.717) is 15.7 Å². The number of anilines is 1. The Kier molecular flexibility index (Phi) is 4.80. The van der Waals surface area contributed by atoms with Crippen molar-refractivity contribution < 1.29 is 14.3 Å². The van der Waals surface area contributed by atoms with Gasteiger partial charge in [-0.2, -0.15) is 0 Å². The van der Waals surface area contributed by atoms with Crippen molar-refractivity contribution in [2.24, 2.45) is 0 Å². The summed E-state index contributed by atoms with van der Waals surface area (Å²) < 4.78 is 6.20. The molecule has 1 amide bonds. The minimum atomic E-state index is -0.464. The van der Waals surface area contributed by atoms with Crippen molar-refractivity contribution in [3.63, 3.8) is 0 Å². The lowest BCUT2D eigenvalue weighted by Gasteiger charge is -2.04. The van der Waals surface area contributed by atoms with Gasteiger partial charge in [0.25, 0.3) is 0 Å². The van der Waals surface area contributed by atoms with Gasteiger partial charge in [0.2, 0.25) is 5.91 Å². The second-order valence-corrected chi connectivity index (χ2v) is 6.07. The zero-order valence-electron chi connectivity index (χ0n) is 13.5. The Morgan fingerprint density at radius 2 is 2.04 bits per heavy atom. The van der Waals surface area contributed by atoms with Crippen molar-refractivity contribution >= 4 is 28.3 Å². The number of carbonyl (C=O) groups is 2. The smallest absolute Gasteiger partial charge is 0.350 e. The highest BCUT2D eigenvalue weighted by Crippen LogP contribution is 2.23. The molecule has 0 saturated heterocycles. The van der Waals surface area contributed by atoms with Crippen LogP contribution in [-0.4, -0.2) is 44.2 Å². The minimum absolute atomic E-state index is 0.183. The Balaban J connectivity index is 1.64. The Hall–Kier alpha value is -3.14. The first-order valence-corrected chi connectivity index (χ1v) is 8.06. The number of aryl methyl sites for hydroxylation is 1. The number of tetrazole rings is 1. The number of esters is 1. The lowest BCUT2D eigenvalue weighted by atomic mass is 10.1. The molecule has 3 aromatic rings. The summed E-state index contributed by atoms with van der Waals surface area (Å²) in [6.07, 6.45) is 1.67. The molecule has 1 N–H and O–H groups in total. The predicted octanol–water partition coefficient (Wildman–Crippen LogP) is 1.40. The lowest BCUT2D eigenvalue weighted by molar-refractivity contribution is -0.115. The van der Waals surface area contributed by atoms with Gasteiger partial charge in [0.05, 0.1) is 24.9 Å². The van der Waals surface area contributed by atoms with Gasteiger partial charge in [0, 0.05) is 0 Å². The van der Waals surface area contributed by atoms with Crippen molar-refractivity contribution in [3.8, 4) is 5.69 Å². The van der Waals surface area contributed by atoms with Crippen molar-refractivity contribution in [3.05, 3.63) is 46.7 Å². The van der Waals surface area contributed by atoms with E-state index in [2.05, 4.69) is 30.6 Å². The summed E-state index contributed by atoms with van der Waals surface area (Å²) in [4.78, 5) is 28.3. The number of amides is 1. The van der Waals surface area contributed by atoms with E-state index in [0.717, 1.165) is 22.6 Å². The molecule has 2 heterocycles. The summed E-state index contributed by atoms with van der Waals surface area (Å²) in [6.45, 7) is 1.69. The first kappa shape index (κ1) is 16.7. The molecule has 0 atom stereocenters. The molecule has 0 aliphatic carbocycles. The van der Waals surface area contributed by atoms with Crippen molar-refractivity contribution in [2.45, 2.75) is 13.3 Å². The fourth-order valence-electron chi connectivity index (χ4n) is 2.13. The van der Waals surface area contributed by atoms with Crippen LogP contribution in [0.15, 0.2) is 30.6 Å². The van der Waals surface area contributed by atoms with E-state index < -0.39 is 5.97 Å². The van der Waals surface area contributed by atoms with Crippen molar-refractivity contribution in [2.75, 3.05) is 12.4 Å². The van der Waals surface area contributed by atoms with Crippen LogP contribution in [0.1, 0.15) is 20.9 Å². The van der Waals surface area contributed by atoms with Gasteiger partial charge in [-0.3, -0.25) is 4.79 Å². The number of methoxy groups -OCH3 is 1. The number of rotatable bonds is 5. The molecular weight excluding hydrogens is 344 g/mol. The molecule has 10 heteroatoms. The van der Waals surface area contributed by atoms with Crippen LogP contribution in [0.5, 0.6) is 0 Å². The highest BCUT2D eigenvalue weighted by Gasteiger charge is 2.17. The number of hydrogen-bond acceptors (Lipinski definition) is 8. The standard InChI is InChI=1S/C15H14N6O3S/c1-9-13(14(23)24-2)25-15(17-9)18-12(22)7-10-3-5-11(6-4-10)21-8-16-19-20-21/h3-6,8H,7H2,1-2H3,(H,17,18,22). The average Bonchev–Trinajstić information content (AvgIpc) is 3.25. The summed E-state index contributed by atoms with van der Waals surface area (Å²) in [5.41, 5.74) is 2.15. The maximum atomic E-state index is 12.2.